The van der Waals surface area contributed by atoms with Crippen LogP contribution in [0.2, 0.25) is 25.7 Å². The first-order chi connectivity index (χ1) is 8.13. The van der Waals surface area contributed by atoms with Crippen molar-refractivity contribution in [3.63, 3.8) is 0 Å². The van der Waals surface area contributed by atoms with E-state index in [0.29, 0.717) is 5.56 Å². The maximum Gasteiger partial charge on any atom is 0.238 e. The van der Waals surface area contributed by atoms with Crippen molar-refractivity contribution in [3.05, 3.63) is 29.3 Å². The Kier molecular flexibility index (Phi) is 4.71. The van der Waals surface area contributed by atoms with Gasteiger partial charge in [0.15, 0.2) is 0 Å². The molecule has 0 aliphatic carbocycles. The molecule has 0 aromatic heterocycles. The molecule has 0 unspecified atom stereocenters. The summed E-state index contributed by atoms with van der Waals surface area (Å²) in [4.78, 5) is 0.0155. The first kappa shape index (κ1) is 15.4. The number of rotatable bonds is 5. The highest BCUT2D eigenvalue weighted by atomic mass is 32.2. The minimum atomic E-state index is -3.76. The van der Waals surface area contributed by atoms with Crippen molar-refractivity contribution in [2.75, 3.05) is 0 Å². The lowest BCUT2D eigenvalue weighted by Crippen LogP contribution is -2.20. The predicted octanol–water partition coefficient (Wildman–Crippen LogP) is 1.71. The predicted molar refractivity (Wildman–Crippen MR) is 75.6 cm³/mol. The van der Waals surface area contributed by atoms with E-state index in [0.717, 1.165) is 18.0 Å². The van der Waals surface area contributed by atoms with E-state index in [1.165, 1.54) is 6.07 Å². The number of nitrogens with two attached hydrogens (primary N) is 1. The number of benzene rings is 1. The van der Waals surface area contributed by atoms with Gasteiger partial charge in [-0.15, -0.1) is 0 Å². The van der Waals surface area contributed by atoms with Crippen molar-refractivity contribution in [3.8, 4) is 0 Å². The second kappa shape index (κ2) is 5.52. The van der Waals surface area contributed by atoms with Crippen LogP contribution in [0, 0.1) is 0 Å². The molecule has 0 bridgehead atoms. The summed E-state index contributed by atoms with van der Waals surface area (Å²) in [6.07, 6.45) is 0.910. The normalized spacial score (nSPS) is 12.7. The molecule has 0 amide bonds. The van der Waals surface area contributed by atoms with Gasteiger partial charge in [0, 0.05) is 8.07 Å². The molecule has 3 N–H and O–H groups in total. The van der Waals surface area contributed by atoms with E-state index in [-0.39, 0.29) is 11.5 Å². The van der Waals surface area contributed by atoms with Crippen LogP contribution in [0.3, 0.4) is 0 Å². The zero-order valence-corrected chi connectivity index (χ0v) is 12.9. The molecular weight excluding hydrogens is 266 g/mol. The molecule has 4 nitrogen and oxygen atoms in total. The second-order valence-corrected chi connectivity index (χ2v) is 12.9. The lowest BCUT2D eigenvalue weighted by molar-refractivity contribution is 0.278. The summed E-state index contributed by atoms with van der Waals surface area (Å²) in [5.41, 5.74) is 1.43. The summed E-state index contributed by atoms with van der Waals surface area (Å²) in [5, 5.41) is 14.3. The van der Waals surface area contributed by atoms with Gasteiger partial charge < -0.3 is 5.11 Å². The molecule has 1 aromatic carbocycles. The van der Waals surface area contributed by atoms with Crippen molar-refractivity contribution in [2.45, 2.75) is 43.6 Å². The van der Waals surface area contributed by atoms with Crippen LogP contribution in [-0.2, 0) is 23.1 Å². The number of hydrogen-bond donors (Lipinski definition) is 2. The molecule has 0 heterocycles. The third-order valence-electron chi connectivity index (χ3n) is 2.77. The summed E-state index contributed by atoms with van der Waals surface area (Å²) in [6, 6.07) is 6.13. The molecule has 0 spiro atoms. The lowest BCUT2D eigenvalue weighted by atomic mass is 10.1. The van der Waals surface area contributed by atoms with E-state index in [1.807, 2.05) is 0 Å². The van der Waals surface area contributed by atoms with Crippen LogP contribution in [0.4, 0.5) is 0 Å². The van der Waals surface area contributed by atoms with Crippen molar-refractivity contribution >= 4 is 18.1 Å². The summed E-state index contributed by atoms with van der Waals surface area (Å²) in [6.45, 7) is 6.56. The van der Waals surface area contributed by atoms with Crippen molar-refractivity contribution in [1.82, 2.24) is 0 Å². The number of hydrogen-bond acceptors (Lipinski definition) is 3. The van der Waals surface area contributed by atoms with E-state index in [9.17, 15) is 13.5 Å². The molecule has 1 aromatic rings. The Labute approximate surface area is 110 Å². The smallest absolute Gasteiger partial charge is 0.238 e. The molecule has 0 atom stereocenters. The van der Waals surface area contributed by atoms with Gasteiger partial charge in [-0.25, -0.2) is 13.6 Å². The Bertz CT molecular complexity index is 521. The van der Waals surface area contributed by atoms with Gasteiger partial charge in [0.05, 0.1) is 11.5 Å². The number of aliphatic hydroxyl groups is 1. The van der Waals surface area contributed by atoms with Gasteiger partial charge in [-0.2, -0.15) is 0 Å². The molecule has 1 rings (SSSR count). The van der Waals surface area contributed by atoms with Crippen LogP contribution in [0.25, 0.3) is 0 Å². The van der Waals surface area contributed by atoms with Crippen molar-refractivity contribution in [2.24, 2.45) is 5.14 Å². The van der Waals surface area contributed by atoms with Gasteiger partial charge in [0.2, 0.25) is 10.0 Å². The summed E-state index contributed by atoms with van der Waals surface area (Å²) >= 11 is 0. The molecular formula is C12H21NO3SSi. The van der Waals surface area contributed by atoms with E-state index in [1.54, 1.807) is 12.1 Å². The largest absolute Gasteiger partial charge is 0.392 e. The highest BCUT2D eigenvalue weighted by molar-refractivity contribution is 7.89. The summed E-state index contributed by atoms with van der Waals surface area (Å²) < 4.78 is 22.6. The first-order valence-corrected chi connectivity index (χ1v) is 11.1. The third kappa shape index (κ3) is 4.53. The summed E-state index contributed by atoms with van der Waals surface area (Å²) in [7, 11) is -4.88. The molecule has 0 saturated carbocycles. The number of sulfonamides is 1. The molecule has 0 fully saturated rings. The van der Waals surface area contributed by atoms with Gasteiger partial charge in [-0.05, 0) is 23.6 Å². The van der Waals surface area contributed by atoms with Crippen LogP contribution in [0.5, 0.6) is 0 Å². The van der Waals surface area contributed by atoms with Gasteiger partial charge in [-0.1, -0.05) is 37.8 Å². The van der Waals surface area contributed by atoms with E-state index >= 15 is 0 Å². The van der Waals surface area contributed by atoms with Gasteiger partial charge >= 0.3 is 0 Å². The molecule has 0 saturated heterocycles. The number of primary sulfonamides is 1. The Morgan fingerprint density at radius 2 is 1.89 bits per heavy atom. The van der Waals surface area contributed by atoms with Crippen molar-refractivity contribution in [1.29, 1.82) is 0 Å². The molecule has 0 radical (unpaired) electrons. The summed E-state index contributed by atoms with van der Waals surface area (Å²) in [5.74, 6) is 0. The molecule has 0 aliphatic rings. The van der Waals surface area contributed by atoms with Gasteiger partial charge in [0.1, 0.15) is 0 Å². The number of aliphatic hydroxyl groups excluding tert-OH is 1. The van der Waals surface area contributed by atoms with Crippen LogP contribution >= 0.6 is 0 Å². The maximum atomic E-state index is 11.3. The zero-order valence-electron chi connectivity index (χ0n) is 11.1. The van der Waals surface area contributed by atoms with E-state index < -0.39 is 18.1 Å². The minimum Gasteiger partial charge on any atom is -0.392 e. The average molecular weight is 287 g/mol. The van der Waals surface area contributed by atoms with Crippen LogP contribution in [-0.4, -0.2) is 21.6 Å². The van der Waals surface area contributed by atoms with Crippen LogP contribution in [0.15, 0.2) is 23.1 Å². The fourth-order valence-electron chi connectivity index (χ4n) is 1.71. The molecule has 0 aliphatic heterocycles. The minimum absolute atomic E-state index is 0.0155. The highest BCUT2D eigenvalue weighted by Crippen LogP contribution is 2.19. The first-order valence-electron chi connectivity index (χ1n) is 5.89. The molecule has 102 valence electrons. The Morgan fingerprint density at radius 1 is 1.28 bits per heavy atom. The fraction of sp³-hybridized carbons (Fsp3) is 0.500. The van der Waals surface area contributed by atoms with E-state index in [4.69, 9.17) is 5.14 Å². The molecule has 18 heavy (non-hydrogen) atoms. The van der Waals surface area contributed by atoms with Crippen LogP contribution < -0.4 is 5.14 Å². The fourth-order valence-corrected chi connectivity index (χ4v) is 3.49. The van der Waals surface area contributed by atoms with Gasteiger partial charge in [0.25, 0.3) is 0 Å². The average Bonchev–Trinajstić information content (AvgIpc) is 2.23. The Hall–Kier alpha value is -0.693. The second-order valence-electron chi connectivity index (χ2n) is 5.71. The topological polar surface area (TPSA) is 80.4 Å². The Morgan fingerprint density at radius 3 is 2.33 bits per heavy atom. The highest BCUT2D eigenvalue weighted by Gasteiger charge is 2.16. The molecule has 6 heteroatoms. The van der Waals surface area contributed by atoms with Crippen LogP contribution in [0.1, 0.15) is 11.1 Å². The quantitative estimate of drug-likeness (QED) is 0.809. The van der Waals surface area contributed by atoms with E-state index in [2.05, 4.69) is 19.6 Å². The monoisotopic (exact) mass is 287 g/mol. The maximum absolute atomic E-state index is 11.3. The third-order valence-corrected chi connectivity index (χ3v) is 5.53. The number of aryl methyl sites for hydroxylation is 1. The van der Waals surface area contributed by atoms with Crippen molar-refractivity contribution < 1.29 is 13.5 Å². The zero-order chi connectivity index (χ0) is 14.0. The Balaban J connectivity index is 3.00. The SMILES string of the molecule is C[Si](C)(C)CCc1ccc(S(N)(=O)=O)c(CO)c1. The lowest BCUT2D eigenvalue weighted by Gasteiger charge is -2.16. The standard InChI is InChI=1S/C12H21NO3SSi/c1-18(2,3)7-6-10-4-5-12(17(13,15)16)11(8-10)9-14/h4-5,8,14H,6-7,9H2,1-3H3,(H2,13,15,16). The van der Waals surface area contributed by atoms with Gasteiger partial charge in [-0.3, -0.25) is 0 Å².